The summed E-state index contributed by atoms with van der Waals surface area (Å²) >= 11 is 0. The molecular weight excluding hydrogens is 389 g/mol. The van der Waals surface area contributed by atoms with Gasteiger partial charge in [0.2, 0.25) is 5.88 Å². The number of benzene rings is 1. The molecule has 28 heavy (non-hydrogen) atoms. The molecule has 9 nitrogen and oxygen atoms in total. The summed E-state index contributed by atoms with van der Waals surface area (Å²) < 4.78 is 49.4. The lowest BCUT2D eigenvalue weighted by molar-refractivity contribution is -0.385. The lowest BCUT2D eigenvalue weighted by Crippen LogP contribution is -2.12. The van der Waals surface area contributed by atoms with E-state index in [1.807, 2.05) is 0 Å². The van der Waals surface area contributed by atoms with E-state index in [4.69, 9.17) is 9.84 Å². The summed E-state index contributed by atoms with van der Waals surface area (Å²) in [5.74, 6) is -2.33. The second-order valence-corrected chi connectivity index (χ2v) is 5.35. The average molecular weight is 402 g/mol. The van der Waals surface area contributed by atoms with Gasteiger partial charge in [-0.05, 0) is 12.1 Å². The third kappa shape index (κ3) is 4.53. The number of hydrogen-bond acceptors (Lipinski definition) is 8. The number of aromatic nitrogens is 1. The van der Waals surface area contributed by atoms with Gasteiger partial charge in [-0.1, -0.05) is 0 Å². The van der Waals surface area contributed by atoms with Crippen molar-refractivity contribution in [2.75, 3.05) is 13.7 Å². The summed E-state index contributed by atoms with van der Waals surface area (Å²) in [6.07, 6.45) is -5.62. The number of aliphatic hydroxyl groups is 2. The lowest BCUT2D eigenvalue weighted by atomic mass is 10.1. The first-order chi connectivity index (χ1) is 13.1. The average Bonchev–Trinajstić information content (AvgIpc) is 2.65. The number of ether oxygens (including phenoxy) is 2. The molecule has 150 valence electrons. The fraction of sp³-hybridized carbons (Fsp3) is 0.250. The number of aliphatic hydroxyl groups excluding tert-OH is 2. The van der Waals surface area contributed by atoms with Crippen molar-refractivity contribution in [2.45, 2.75) is 12.3 Å². The molecule has 1 aromatic carbocycles. The van der Waals surface area contributed by atoms with Gasteiger partial charge in [0, 0.05) is 23.9 Å². The van der Waals surface area contributed by atoms with Crippen molar-refractivity contribution in [2.24, 2.45) is 0 Å². The van der Waals surface area contributed by atoms with Crippen molar-refractivity contribution >= 4 is 11.7 Å². The van der Waals surface area contributed by atoms with E-state index in [0.29, 0.717) is 6.07 Å². The third-order valence-corrected chi connectivity index (χ3v) is 3.52. The van der Waals surface area contributed by atoms with E-state index in [2.05, 4.69) is 9.72 Å². The van der Waals surface area contributed by atoms with Crippen LogP contribution in [0.1, 0.15) is 27.6 Å². The van der Waals surface area contributed by atoms with E-state index in [0.717, 1.165) is 31.5 Å². The topological polar surface area (TPSA) is 132 Å². The van der Waals surface area contributed by atoms with Crippen LogP contribution in [0.5, 0.6) is 11.6 Å². The molecule has 0 fully saturated rings. The van der Waals surface area contributed by atoms with Crippen LogP contribution in [0.2, 0.25) is 0 Å². The Morgan fingerprint density at radius 3 is 2.57 bits per heavy atom. The number of nitro groups is 1. The van der Waals surface area contributed by atoms with Crippen molar-refractivity contribution in [3.8, 4) is 11.6 Å². The van der Waals surface area contributed by atoms with Crippen molar-refractivity contribution in [1.29, 1.82) is 0 Å². The largest absolute Gasteiger partial charge is 0.465 e. The molecule has 2 aromatic rings. The van der Waals surface area contributed by atoms with Crippen LogP contribution < -0.4 is 4.74 Å². The van der Waals surface area contributed by atoms with Crippen LogP contribution in [0, 0.1) is 10.1 Å². The van der Waals surface area contributed by atoms with Gasteiger partial charge in [-0.15, -0.1) is 0 Å². The molecule has 0 saturated heterocycles. The van der Waals surface area contributed by atoms with Crippen LogP contribution in [-0.2, 0) is 10.9 Å². The Bertz CT molecular complexity index is 902. The number of rotatable bonds is 6. The number of carbonyl (C=O) groups is 1. The molecule has 0 aliphatic carbocycles. The van der Waals surface area contributed by atoms with E-state index in [9.17, 15) is 33.2 Å². The summed E-state index contributed by atoms with van der Waals surface area (Å²) in [6.45, 7) is -0.815. The predicted molar refractivity (Wildman–Crippen MR) is 85.8 cm³/mol. The number of halogens is 3. The zero-order valence-corrected chi connectivity index (χ0v) is 14.1. The molecule has 1 unspecified atom stereocenters. The first-order valence-corrected chi connectivity index (χ1v) is 7.49. The molecule has 0 amide bonds. The Morgan fingerprint density at radius 1 is 1.36 bits per heavy atom. The van der Waals surface area contributed by atoms with Gasteiger partial charge in [-0.3, -0.25) is 10.1 Å². The first kappa shape index (κ1) is 21.1. The maximum atomic E-state index is 13.3. The van der Waals surface area contributed by atoms with Gasteiger partial charge >= 0.3 is 12.1 Å². The highest BCUT2D eigenvalue weighted by Crippen LogP contribution is 2.38. The summed E-state index contributed by atoms with van der Waals surface area (Å²) in [6, 6.07) is 3.26. The molecule has 0 bridgehead atoms. The molecule has 0 spiro atoms. The molecule has 1 atom stereocenters. The van der Waals surface area contributed by atoms with Gasteiger partial charge in [-0.2, -0.15) is 13.2 Å². The highest BCUT2D eigenvalue weighted by Gasteiger charge is 2.36. The van der Waals surface area contributed by atoms with E-state index >= 15 is 0 Å². The van der Waals surface area contributed by atoms with E-state index in [-0.39, 0.29) is 11.3 Å². The maximum absolute atomic E-state index is 13.3. The number of methoxy groups -OCH3 is 1. The monoisotopic (exact) mass is 402 g/mol. The number of nitrogens with zero attached hydrogens (tertiary/aromatic N) is 2. The SMILES string of the molecule is COC(=O)c1cc(Oc2ncc(C(O)CO)cc2C(F)(F)F)ccc1[N+](=O)[O-]. The summed E-state index contributed by atoms with van der Waals surface area (Å²) in [7, 11) is 0.980. The predicted octanol–water partition coefficient (Wildman–Crippen LogP) is 2.61. The summed E-state index contributed by atoms with van der Waals surface area (Å²) in [5.41, 5.74) is -2.79. The van der Waals surface area contributed by atoms with Crippen LogP contribution in [0.3, 0.4) is 0 Å². The molecular formula is C16H13F3N2O7. The second-order valence-electron chi connectivity index (χ2n) is 5.35. The van der Waals surface area contributed by atoms with Crippen LogP contribution >= 0.6 is 0 Å². The molecule has 0 aliphatic heterocycles. The van der Waals surface area contributed by atoms with Crippen molar-refractivity contribution < 1.29 is 42.6 Å². The number of hydrogen-bond donors (Lipinski definition) is 2. The molecule has 1 heterocycles. The van der Waals surface area contributed by atoms with E-state index < -0.39 is 52.5 Å². The van der Waals surface area contributed by atoms with Crippen LogP contribution in [0.25, 0.3) is 0 Å². The van der Waals surface area contributed by atoms with Gasteiger partial charge in [-0.25, -0.2) is 9.78 Å². The van der Waals surface area contributed by atoms with Gasteiger partial charge in [0.05, 0.1) is 18.6 Å². The zero-order chi connectivity index (χ0) is 21.1. The Balaban J connectivity index is 2.50. The Morgan fingerprint density at radius 2 is 2.04 bits per heavy atom. The molecule has 12 heteroatoms. The number of alkyl halides is 3. The van der Waals surface area contributed by atoms with Gasteiger partial charge in [0.25, 0.3) is 5.69 Å². The summed E-state index contributed by atoms with van der Waals surface area (Å²) in [4.78, 5) is 25.3. The molecule has 0 aliphatic rings. The van der Waals surface area contributed by atoms with Crippen LogP contribution in [0.15, 0.2) is 30.5 Å². The quantitative estimate of drug-likeness (QED) is 0.428. The van der Waals surface area contributed by atoms with Crippen molar-refractivity contribution in [3.63, 3.8) is 0 Å². The van der Waals surface area contributed by atoms with Crippen LogP contribution in [-0.4, -0.2) is 39.8 Å². The van der Waals surface area contributed by atoms with Crippen LogP contribution in [0.4, 0.5) is 18.9 Å². The summed E-state index contributed by atoms with van der Waals surface area (Å²) in [5, 5.41) is 29.3. The highest BCUT2D eigenvalue weighted by molar-refractivity contribution is 5.94. The standard InChI is InChI=1S/C16H13F3N2O7/c1-27-15(24)10-5-9(2-3-12(10)21(25)26)28-14-11(16(17,18)19)4-8(6-20-14)13(23)7-22/h2-6,13,22-23H,7H2,1H3. The minimum absolute atomic E-state index is 0.291. The Labute approximate surface area is 155 Å². The third-order valence-electron chi connectivity index (χ3n) is 3.52. The van der Waals surface area contributed by atoms with E-state index in [1.165, 1.54) is 0 Å². The van der Waals surface area contributed by atoms with E-state index in [1.54, 1.807) is 0 Å². The number of carbonyl (C=O) groups excluding carboxylic acids is 1. The van der Waals surface area contributed by atoms with Gasteiger partial charge in [0.1, 0.15) is 23.0 Å². The fourth-order valence-electron chi connectivity index (χ4n) is 2.16. The second kappa shape index (κ2) is 8.19. The first-order valence-electron chi connectivity index (χ1n) is 7.49. The number of esters is 1. The number of nitro benzene ring substituents is 1. The Hall–Kier alpha value is -3.25. The molecule has 2 rings (SSSR count). The van der Waals surface area contributed by atoms with Crippen molar-refractivity contribution in [3.05, 3.63) is 57.3 Å². The highest BCUT2D eigenvalue weighted by atomic mass is 19.4. The molecule has 1 aromatic heterocycles. The minimum Gasteiger partial charge on any atom is -0.465 e. The minimum atomic E-state index is -4.92. The molecule has 0 radical (unpaired) electrons. The van der Waals surface area contributed by atoms with Gasteiger partial charge < -0.3 is 19.7 Å². The maximum Gasteiger partial charge on any atom is 0.421 e. The normalized spacial score (nSPS) is 12.4. The number of pyridine rings is 1. The van der Waals surface area contributed by atoms with Gasteiger partial charge in [0.15, 0.2) is 0 Å². The zero-order valence-electron chi connectivity index (χ0n) is 14.1. The van der Waals surface area contributed by atoms with Crippen molar-refractivity contribution in [1.82, 2.24) is 4.98 Å². The lowest BCUT2D eigenvalue weighted by Gasteiger charge is -2.16. The molecule has 0 saturated carbocycles. The fourth-order valence-corrected chi connectivity index (χ4v) is 2.16. The Kier molecular flexibility index (Phi) is 6.16. The molecule has 2 N–H and O–H groups in total. The smallest absolute Gasteiger partial charge is 0.421 e.